The number of aliphatic hydroxyl groups is 1. The maximum atomic E-state index is 12.8. The summed E-state index contributed by atoms with van der Waals surface area (Å²) in [6.07, 6.45) is -1.49. The van der Waals surface area contributed by atoms with Crippen LogP contribution in [-0.2, 0) is 25.3 Å². The molecule has 0 unspecified atom stereocenters. The fourth-order valence-electron chi connectivity index (χ4n) is 5.40. The van der Waals surface area contributed by atoms with Gasteiger partial charge in [0.1, 0.15) is 0 Å². The third kappa shape index (κ3) is 7.10. The van der Waals surface area contributed by atoms with Crippen molar-refractivity contribution in [3.05, 3.63) is 96.6 Å². The van der Waals surface area contributed by atoms with Crippen LogP contribution in [0.5, 0.6) is 0 Å². The Hall–Kier alpha value is -2.77. The number of hydrogen-bond acceptors (Lipinski definition) is 5. The average Bonchev–Trinajstić information content (AvgIpc) is 2.95. The number of ether oxygens (including phenoxy) is 2. The Balaban J connectivity index is 2.01. The summed E-state index contributed by atoms with van der Waals surface area (Å²) in [5.74, 6) is -0.842. The lowest BCUT2D eigenvalue weighted by atomic mass is 9.78. The van der Waals surface area contributed by atoms with Crippen molar-refractivity contribution in [3.8, 4) is 0 Å². The number of carbonyl (C=O) groups is 1. The average molecular weight is 563 g/mol. The molecule has 216 valence electrons. The molecule has 3 aromatic carbocycles. The molecule has 40 heavy (non-hydrogen) atoms. The van der Waals surface area contributed by atoms with Crippen molar-refractivity contribution in [1.29, 1.82) is 0 Å². The van der Waals surface area contributed by atoms with Crippen LogP contribution >= 0.6 is 0 Å². The smallest absolute Gasteiger partial charge is 0.314 e. The number of benzene rings is 3. The standard InChI is InChI=1S/C34H46O5Si/c1-8-37-32(36)34(6,7)31(35)26(2)30(38-24-27-18-12-9-13-19-27)25-39-40(33(3,4)5,28-20-14-10-15-21-28)29-22-16-11-17-23-29/h9-23,26,30-31,35H,8,24-25H2,1-7H3/t26-,30+,31-/m1/s1. The van der Waals surface area contributed by atoms with Crippen molar-refractivity contribution in [2.24, 2.45) is 11.3 Å². The second-order valence-electron chi connectivity index (χ2n) is 12.1. The molecule has 1 N–H and O–H groups in total. The number of carbonyl (C=O) groups excluding carboxylic acids is 1. The molecule has 6 heteroatoms. The van der Waals surface area contributed by atoms with Gasteiger partial charge in [-0.15, -0.1) is 0 Å². The Kier molecular flexibility index (Phi) is 10.9. The SMILES string of the molecule is CCOC(=O)C(C)(C)[C@H](O)[C@H](C)[C@H](CO[Si](c1ccccc1)(c1ccccc1)C(C)(C)C)OCc1ccccc1. The Morgan fingerprint density at radius 3 is 1.75 bits per heavy atom. The van der Waals surface area contributed by atoms with Crippen LogP contribution in [-0.4, -0.2) is 44.8 Å². The first kappa shape index (κ1) is 31.8. The summed E-state index contributed by atoms with van der Waals surface area (Å²) in [6, 6.07) is 30.9. The van der Waals surface area contributed by atoms with Gasteiger partial charge in [0.15, 0.2) is 0 Å². The highest BCUT2D eigenvalue weighted by Crippen LogP contribution is 2.38. The molecule has 3 rings (SSSR count). The molecule has 0 aliphatic rings. The first-order chi connectivity index (χ1) is 18.9. The highest BCUT2D eigenvalue weighted by molar-refractivity contribution is 6.99. The van der Waals surface area contributed by atoms with Crippen LogP contribution in [0.25, 0.3) is 0 Å². The van der Waals surface area contributed by atoms with Crippen LogP contribution in [0.15, 0.2) is 91.0 Å². The number of hydrogen-bond donors (Lipinski definition) is 1. The van der Waals surface area contributed by atoms with E-state index in [1.54, 1.807) is 20.8 Å². The summed E-state index contributed by atoms with van der Waals surface area (Å²) >= 11 is 0. The predicted molar refractivity (Wildman–Crippen MR) is 164 cm³/mol. The van der Waals surface area contributed by atoms with Gasteiger partial charge < -0.3 is 19.0 Å². The van der Waals surface area contributed by atoms with Crippen molar-refractivity contribution in [2.75, 3.05) is 13.2 Å². The van der Waals surface area contributed by atoms with Gasteiger partial charge in [0.2, 0.25) is 0 Å². The van der Waals surface area contributed by atoms with E-state index in [2.05, 4.69) is 69.3 Å². The third-order valence-corrected chi connectivity index (χ3v) is 12.8. The third-order valence-electron chi connectivity index (χ3n) is 7.81. The fourth-order valence-corrected chi connectivity index (χ4v) is 9.97. The molecule has 3 aromatic rings. The maximum Gasteiger partial charge on any atom is 0.314 e. The van der Waals surface area contributed by atoms with Gasteiger partial charge in [-0.05, 0) is 41.7 Å². The molecule has 0 aliphatic carbocycles. The summed E-state index contributed by atoms with van der Waals surface area (Å²) in [4.78, 5) is 12.8. The van der Waals surface area contributed by atoms with Crippen LogP contribution in [0.4, 0.5) is 0 Å². The van der Waals surface area contributed by atoms with Crippen molar-refractivity contribution in [2.45, 2.75) is 72.3 Å². The van der Waals surface area contributed by atoms with E-state index < -0.39 is 37.8 Å². The van der Waals surface area contributed by atoms with E-state index >= 15 is 0 Å². The number of aliphatic hydroxyl groups excluding tert-OH is 1. The summed E-state index contributed by atoms with van der Waals surface area (Å²) in [5, 5.41) is 13.7. The molecule has 0 amide bonds. The van der Waals surface area contributed by atoms with Crippen LogP contribution < -0.4 is 10.4 Å². The van der Waals surface area contributed by atoms with Crippen molar-refractivity contribution < 1.29 is 23.8 Å². The van der Waals surface area contributed by atoms with Gasteiger partial charge in [-0.3, -0.25) is 4.79 Å². The minimum atomic E-state index is -2.83. The minimum absolute atomic E-state index is 0.203. The van der Waals surface area contributed by atoms with Crippen LogP contribution in [0.1, 0.15) is 54.0 Å². The van der Waals surface area contributed by atoms with Gasteiger partial charge in [0.25, 0.3) is 8.32 Å². The zero-order chi connectivity index (χ0) is 29.4. The molecule has 0 heterocycles. The molecule has 3 atom stereocenters. The van der Waals surface area contributed by atoms with E-state index in [0.29, 0.717) is 6.61 Å². The topological polar surface area (TPSA) is 65.0 Å². The summed E-state index contributed by atoms with van der Waals surface area (Å²) in [6.45, 7) is 14.7. The first-order valence-electron chi connectivity index (χ1n) is 14.2. The molecule has 0 bridgehead atoms. The van der Waals surface area contributed by atoms with Gasteiger partial charge in [-0.25, -0.2) is 0 Å². The second kappa shape index (κ2) is 13.7. The molecule has 0 saturated carbocycles. The van der Waals surface area contributed by atoms with E-state index in [4.69, 9.17) is 13.9 Å². The molecule has 0 aromatic heterocycles. The first-order valence-corrected chi connectivity index (χ1v) is 16.1. The molecular weight excluding hydrogens is 516 g/mol. The lowest BCUT2D eigenvalue weighted by Gasteiger charge is -2.44. The summed E-state index contributed by atoms with van der Waals surface area (Å²) in [7, 11) is -2.83. The van der Waals surface area contributed by atoms with Crippen LogP contribution in [0, 0.1) is 11.3 Å². The molecule has 0 fully saturated rings. The van der Waals surface area contributed by atoms with E-state index in [0.717, 1.165) is 5.56 Å². The lowest BCUT2D eigenvalue weighted by Crippen LogP contribution is -2.67. The number of esters is 1. The largest absolute Gasteiger partial charge is 0.466 e. The molecule has 5 nitrogen and oxygen atoms in total. The van der Waals surface area contributed by atoms with Gasteiger partial charge >= 0.3 is 5.97 Å². The fraction of sp³-hybridized carbons (Fsp3) is 0.441. The van der Waals surface area contributed by atoms with Crippen LogP contribution in [0.3, 0.4) is 0 Å². The highest BCUT2D eigenvalue weighted by atomic mass is 28.4. The molecule has 0 aliphatic heterocycles. The quantitative estimate of drug-likeness (QED) is 0.213. The van der Waals surface area contributed by atoms with Crippen LogP contribution in [0.2, 0.25) is 5.04 Å². The van der Waals surface area contributed by atoms with Gasteiger partial charge in [-0.1, -0.05) is 119 Å². The van der Waals surface area contributed by atoms with E-state index in [-0.39, 0.29) is 18.3 Å². The van der Waals surface area contributed by atoms with E-state index in [1.165, 1.54) is 10.4 Å². The van der Waals surface area contributed by atoms with Gasteiger partial charge in [0, 0.05) is 5.92 Å². The van der Waals surface area contributed by atoms with E-state index in [9.17, 15) is 9.90 Å². The highest BCUT2D eigenvalue weighted by Gasteiger charge is 2.51. The molecule has 0 spiro atoms. The lowest BCUT2D eigenvalue weighted by molar-refractivity contribution is -0.166. The Morgan fingerprint density at radius 1 is 0.825 bits per heavy atom. The zero-order valence-electron chi connectivity index (χ0n) is 25.1. The molecular formula is C34H46O5Si. The second-order valence-corrected chi connectivity index (χ2v) is 16.4. The Bertz CT molecular complexity index is 1140. The zero-order valence-corrected chi connectivity index (χ0v) is 26.1. The normalized spacial score (nSPS) is 14.8. The van der Waals surface area contributed by atoms with Crippen molar-refractivity contribution in [1.82, 2.24) is 0 Å². The minimum Gasteiger partial charge on any atom is -0.466 e. The predicted octanol–water partition coefficient (Wildman–Crippen LogP) is 5.73. The van der Waals surface area contributed by atoms with Gasteiger partial charge in [0.05, 0.1) is 37.4 Å². The molecule has 0 saturated heterocycles. The van der Waals surface area contributed by atoms with E-state index in [1.807, 2.05) is 49.4 Å². The number of rotatable bonds is 13. The van der Waals surface area contributed by atoms with Crippen molar-refractivity contribution in [3.63, 3.8) is 0 Å². The Morgan fingerprint density at radius 2 is 1.30 bits per heavy atom. The monoisotopic (exact) mass is 562 g/mol. The summed E-state index contributed by atoms with van der Waals surface area (Å²) < 4.78 is 19.0. The molecule has 0 radical (unpaired) electrons. The van der Waals surface area contributed by atoms with Gasteiger partial charge in [-0.2, -0.15) is 0 Å². The van der Waals surface area contributed by atoms with Crippen molar-refractivity contribution >= 4 is 24.7 Å². The Labute approximate surface area is 241 Å². The summed E-state index contributed by atoms with van der Waals surface area (Å²) in [5.41, 5.74) is -0.0782. The maximum absolute atomic E-state index is 12.8.